The zero-order valence-corrected chi connectivity index (χ0v) is 16.0. The first-order valence-corrected chi connectivity index (χ1v) is 9.24. The van der Waals surface area contributed by atoms with Crippen LogP contribution in [-0.2, 0) is 4.74 Å². The monoisotopic (exact) mass is 393 g/mol. The molecule has 0 bridgehead atoms. The summed E-state index contributed by atoms with van der Waals surface area (Å²) in [4.78, 5) is 40.9. The third-order valence-corrected chi connectivity index (χ3v) is 4.56. The number of nitrogens with one attached hydrogen (secondary N) is 1. The van der Waals surface area contributed by atoms with Crippen molar-refractivity contribution in [3.63, 3.8) is 0 Å². The molecule has 0 atom stereocenters. The van der Waals surface area contributed by atoms with Crippen molar-refractivity contribution in [3.8, 4) is 17.1 Å². The topological polar surface area (TPSA) is 95.3 Å². The van der Waals surface area contributed by atoms with Gasteiger partial charge in [0.05, 0.1) is 35.5 Å². The predicted octanol–water partition coefficient (Wildman–Crippen LogP) is 2.48. The van der Waals surface area contributed by atoms with Crippen molar-refractivity contribution in [3.05, 3.63) is 75.1 Å². The van der Waals surface area contributed by atoms with E-state index in [9.17, 15) is 14.4 Å². The Bertz CT molecular complexity index is 1280. The molecule has 2 aliphatic heterocycles. The molecule has 8 heteroatoms. The number of carbonyl (C=O) groups is 1. The van der Waals surface area contributed by atoms with Gasteiger partial charge in [-0.15, -0.1) is 0 Å². The molecule has 148 valence electrons. The lowest BCUT2D eigenvalue weighted by Crippen LogP contribution is -2.25. The quantitative estimate of drug-likeness (QED) is 0.526. The molecule has 0 aliphatic carbocycles. The Balaban J connectivity index is 1.89. The number of fused-ring (bicyclic) bond motifs is 3. The van der Waals surface area contributed by atoms with E-state index in [4.69, 9.17) is 9.47 Å². The molecule has 2 aliphatic rings. The van der Waals surface area contributed by atoms with Crippen LogP contribution in [0.3, 0.4) is 0 Å². The van der Waals surface area contributed by atoms with Crippen molar-refractivity contribution in [2.24, 2.45) is 0 Å². The van der Waals surface area contributed by atoms with E-state index >= 15 is 0 Å². The van der Waals surface area contributed by atoms with Gasteiger partial charge >= 0.3 is 11.7 Å². The zero-order chi connectivity index (χ0) is 20.5. The number of esters is 1. The molecule has 0 fully saturated rings. The largest absolute Gasteiger partial charge is 0.494 e. The van der Waals surface area contributed by atoms with Gasteiger partial charge in [-0.05, 0) is 56.3 Å². The van der Waals surface area contributed by atoms with Crippen LogP contribution in [0.15, 0.2) is 58.3 Å². The Morgan fingerprint density at radius 1 is 1.00 bits per heavy atom. The molecule has 4 rings (SSSR count). The number of H-pyrrole nitrogens is 1. The predicted molar refractivity (Wildman–Crippen MR) is 108 cm³/mol. The van der Waals surface area contributed by atoms with Gasteiger partial charge in [-0.25, -0.2) is 14.2 Å². The Hall–Kier alpha value is -3.81. The van der Waals surface area contributed by atoms with E-state index in [0.29, 0.717) is 34.6 Å². The minimum Gasteiger partial charge on any atom is -0.494 e. The number of rotatable bonds is 5. The van der Waals surface area contributed by atoms with Gasteiger partial charge in [-0.3, -0.25) is 9.36 Å². The molecule has 0 aromatic heterocycles. The molecular formula is C21H19N3O5. The van der Waals surface area contributed by atoms with Gasteiger partial charge in [-0.1, -0.05) is 0 Å². The van der Waals surface area contributed by atoms with E-state index in [0.717, 1.165) is 4.57 Å². The minimum absolute atomic E-state index is 0.209. The third-order valence-electron chi connectivity index (χ3n) is 4.56. The lowest BCUT2D eigenvalue weighted by molar-refractivity contribution is 0.0526. The lowest BCUT2D eigenvalue weighted by atomic mass is 10.2. The highest BCUT2D eigenvalue weighted by molar-refractivity contribution is 5.93. The van der Waals surface area contributed by atoms with Gasteiger partial charge in [0.1, 0.15) is 11.4 Å². The Morgan fingerprint density at radius 2 is 1.76 bits per heavy atom. The number of nitrogens with zero attached hydrogens (tertiary/aromatic N) is 2. The number of aromatic amines is 1. The van der Waals surface area contributed by atoms with E-state index in [1.807, 2.05) is 6.92 Å². The fourth-order valence-electron chi connectivity index (χ4n) is 3.28. The highest BCUT2D eigenvalue weighted by Gasteiger charge is 2.21. The molecule has 8 nitrogen and oxygen atoms in total. The number of hydrogen-bond acceptors (Lipinski definition) is 5. The molecule has 2 aromatic rings. The summed E-state index contributed by atoms with van der Waals surface area (Å²) >= 11 is 0. The van der Waals surface area contributed by atoms with Gasteiger partial charge in [0.15, 0.2) is 0 Å². The second-order valence-corrected chi connectivity index (χ2v) is 6.31. The van der Waals surface area contributed by atoms with Crippen LogP contribution in [0, 0.1) is 0 Å². The van der Waals surface area contributed by atoms with Gasteiger partial charge in [0.25, 0.3) is 5.56 Å². The van der Waals surface area contributed by atoms with Crippen molar-refractivity contribution >= 4 is 17.0 Å². The summed E-state index contributed by atoms with van der Waals surface area (Å²) in [6, 6.07) is 11.5. The van der Waals surface area contributed by atoms with Gasteiger partial charge in [0.2, 0.25) is 0 Å². The molecule has 0 unspecified atom stereocenters. The Labute approximate surface area is 165 Å². The van der Waals surface area contributed by atoms with E-state index < -0.39 is 17.2 Å². The molecule has 0 saturated heterocycles. The highest BCUT2D eigenvalue weighted by atomic mass is 16.5. The Morgan fingerprint density at radius 3 is 2.45 bits per heavy atom. The molecule has 0 amide bonds. The maximum atomic E-state index is 13.1. The van der Waals surface area contributed by atoms with Crippen LogP contribution in [0.4, 0.5) is 0 Å². The average Bonchev–Trinajstić information content (AvgIpc) is 2.99. The standard InChI is InChI=1S/C21H19N3O5/c1-3-28-15-8-6-14(7-9-15)23-19(25)18-12-22-16-11-13(20(26)29-4-2)5-10-17(16)24(18)21(23)27/h5-12,22H,3-4H2,1-2H3. The average molecular weight is 393 g/mol. The van der Waals surface area contributed by atoms with Crippen molar-refractivity contribution in [1.29, 1.82) is 0 Å². The Kier molecular flexibility index (Phi) is 4.67. The minimum atomic E-state index is -0.489. The molecule has 1 N–H and O–H groups in total. The number of benzene rings is 2. The number of imidazole rings is 1. The summed E-state index contributed by atoms with van der Waals surface area (Å²) < 4.78 is 12.9. The van der Waals surface area contributed by atoms with Crippen molar-refractivity contribution in [2.45, 2.75) is 13.8 Å². The van der Waals surface area contributed by atoms with Crippen LogP contribution in [0.25, 0.3) is 22.4 Å². The van der Waals surface area contributed by atoms with Crippen LogP contribution >= 0.6 is 0 Å². The summed E-state index contributed by atoms with van der Waals surface area (Å²) in [5.41, 5.74) is 1.11. The third kappa shape index (κ3) is 3.08. The van der Waals surface area contributed by atoms with Crippen molar-refractivity contribution < 1.29 is 14.3 Å². The number of aromatic nitrogens is 3. The molecule has 2 heterocycles. The first kappa shape index (κ1) is 18.5. The van der Waals surface area contributed by atoms with E-state index in [1.165, 1.54) is 10.8 Å². The number of ether oxygens (including phenoxy) is 2. The fraction of sp³-hybridized carbons (Fsp3) is 0.190. The number of carbonyl (C=O) groups excluding carboxylic acids is 1. The smallest absolute Gasteiger partial charge is 0.341 e. The van der Waals surface area contributed by atoms with E-state index in [2.05, 4.69) is 4.98 Å². The molecular weight excluding hydrogens is 374 g/mol. The van der Waals surface area contributed by atoms with Crippen LogP contribution in [-0.4, -0.2) is 33.3 Å². The first-order valence-electron chi connectivity index (χ1n) is 9.24. The van der Waals surface area contributed by atoms with Crippen molar-refractivity contribution in [1.82, 2.24) is 14.1 Å². The number of hydrogen-bond donors (Lipinski definition) is 1. The highest BCUT2D eigenvalue weighted by Crippen LogP contribution is 2.19. The van der Waals surface area contributed by atoms with Gasteiger partial charge < -0.3 is 14.5 Å². The van der Waals surface area contributed by atoms with Gasteiger partial charge in [-0.2, -0.15) is 0 Å². The second kappa shape index (κ2) is 7.31. The van der Waals surface area contributed by atoms with E-state index in [-0.39, 0.29) is 12.3 Å². The zero-order valence-electron chi connectivity index (χ0n) is 16.0. The summed E-state index contributed by atoms with van der Waals surface area (Å²) in [5, 5.41) is 0. The van der Waals surface area contributed by atoms with Crippen LogP contribution in [0.2, 0.25) is 0 Å². The SMILES string of the molecule is CCOC(=O)c1ccc2c(c1)[nH]cc1c(=O)n(-c3ccc(OCC)cc3)c(=O)n2-1. The maximum Gasteiger partial charge on any atom is 0.341 e. The van der Waals surface area contributed by atoms with Crippen LogP contribution in [0.5, 0.6) is 5.75 Å². The maximum absolute atomic E-state index is 13.1. The lowest BCUT2D eigenvalue weighted by Gasteiger charge is -2.08. The van der Waals surface area contributed by atoms with Gasteiger partial charge in [0, 0.05) is 6.20 Å². The fourth-order valence-corrected chi connectivity index (χ4v) is 3.28. The molecule has 0 spiro atoms. The molecule has 0 saturated carbocycles. The normalized spacial score (nSPS) is 11.1. The van der Waals surface area contributed by atoms with Crippen LogP contribution in [0.1, 0.15) is 24.2 Å². The summed E-state index contributed by atoms with van der Waals surface area (Å²) in [7, 11) is 0. The summed E-state index contributed by atoms with van der Waals surface area (Å²) in [6.07, 6.45) is 1.46. The summed E-state index contributed by atoms with van der Waals surface area (Å²) in [6.45, 7) is 4.40. The van der Waals surface area contributed by atoms with E-state index in [1.54, 1.807) is 49.4 Å². The second-order valence-electron chi connectivity index (χ2n) is 6.31. The molecule has 29 heavy (non-hydrogen) atoms. The first-order chi connectivity index (χ1) is 14.0. The van der Waals surface area contributed by atoms with Crippen LogP contribution < -0.4 is 16.0 Å². The van der Waals surface area contributed by atoms with Crippen molar-refractivity contribution in [2.75, 3.05) is 13.2 Å². The molecule has 0 radical (unpaired) electrons. The summed E-state index contributed by atoms with van der Waals surface area (Å²) in [5.74, 6) is 0.206. The molecule has 2 aromatic carbocycles.